The van der Waals surface area contributed by atoms with Crippen LogP contribution in [0.25, 0.3) is 0 Å². The molecule has 10 heteroatoms. The molecule has 134 valence electrons. The molecule has 1 aromatic carbocycles. The Bertz CT molecular complexity index is 682. The zero-order chi connectivity index (χ0) is 18.2. The molecule has 0 aromatic heterocycles. The molecule has 2 fully saturated rings. The van der Waals surface area contributed by atoms with Crippen LogP contribution in [0.15, 0.2) is 24.3 Å². The lowest BCUT2D eigenvalue weighted by Crippen LogP contribution is -2.54. The molecule has 2 heterocycles. The molecule has 0 aliphatic carbocycles. The highest BCUT2D eigenvalue weighted by Gasteiger charge is 2.38. The number of halogens is 3. The van der Waals surface area contributed by atoms with Gasteiger partial charge in [-0.15, -0.1) is 13.2 Å². The standard InChI is InChI=1S/C15H13F3N2O5/c16-15(17,18)25-11-3-1-10(2-4-11)13(22)19-5-9(6-19)7-20-12(21)8-24-14(20)23/h1-4,9H,5-8H2. The Labute approximate surface area is 139 Å². The number of alkyl halides is 3. The number of hydrogen-bond acceptors (Lipinski definition) is 5. The second-order valence-electron chi connectivity index (χ2n) is 5.71. The molecule has 2 saturated heterocycles. The van der Waals surface area contributed by atoms with Gasteiger partial charge in [0.1, 0.15) is 5.75 Å². The molecule has 0 bridgehead atoms. The number of ether oxygens (including phenoxy) is 2. The Morgan fingerprint density at radius 3 is 2.36 bits per heavy atom. The minimum absolute atomic E-state index is 0.0496. The number of cyclic esters (lactones) is 1. The van der Waals surface area contributed by atoms with Crippen LogP contribution >= 0.6 is 0 Å². The Balaban J connectivity index is 1.52. The van der Waals surface area contributed by atoms with Crippen molar-refractivity contribution in [2.24, 2.45) is 5.92 Å². The molecule has 0 radical (unpaired) electrons. The summed E-state index contributed by atoms with van der Waals surface area (Å²) < 4.78 is 44.6. The maximum Gasteiger partial charge on any atom is 0.573 e. The third-order valence-corrected chi connectivity index (χ3v) is 3.86. The van der Waals surface area contributed by atoms with Crippen LogP contribution in [0.3, 0.4) is 0 Å². The largest absolute Gasteiger partial charge is 0.573 e. The summed E-state index contributed by atoms with van der Waals surface area (Å²) >= 11 is 0. The van der Waals surface area contributed by atoms with E-state index in [1.165, 1.54) is 17.0 Å². The zero-order valence-corrected chi connectivity index (χ0v) is 12.8. The van der Waals surface area contributed by atoms with Crippen molar-refractivity contribution in [3.63, 3.8) is 0 Å². The summed E-state index contributed by atoms with van der Waals surface area (Å²) in [7, 11) is 0. The van der Waals surface area contributed by atoms with E-state index in [1.54, 1.807) is 0 Å². The SMILES string of the molecule is O=C(c1ccc(OC(F)(F)F)cc1)N1CC(CN2C(=O)COC2=O)C1. The first-order valence-corrected chi connectivity index (χ1v) is 7.35. The highest BCUT2D eigenvalue weighted by molar-refractivity contribution is 5.98. The molecule has 0 N–H and O–H groups in total. The van der Waals surface area contributed by atoms with Crippen molar-refractivity contribution in [3.8, 4) is 5.75 Å². The van der Waals surface area contributed by atoms with Crippen LogP contribution in [0.1, 0.15) is 10.4 Å². The minimum atomic E-state index is -4.79. The molecule has 3 rings (SSSR count). The van der Waals surface area contributed by atoms with Crippen LogP contribution in [-0.2, 0) is 9.53 Å². The molecule has 1 aromatic rings. The van der Waals surface area contributed by atoms with Gasteiger partial charge in [-0.1, -0.05) is 0 Å². The van der Waals surface area contributed by atoms with Crippen molar-refractivity contribution < 1.29 is 37.0 Å². The third-order valence-electron chi connectivity index (χ3n) is 3.86. The summed E-state index contributed by atoms with van der Waals surface area (Å²) in [6.07, 6.45) is -5.47. The Morgan fingerprint density at radius 1 is 1.20 bits per heavy atom. The molecule has 0 atom stereocenters. The molecular formula is C15H13F3N2O5. The number of nitrogens with zero attached hydrogens (tertiary/aromatic N) is 2. The van der Waals surface area contributed by atoms with Gasteiger partial charge in [-0.05, 0) is 24.3 Å². The summed E-state index contributed by atoms with van der Waals surface area (Å²) in [5.41, 5.74) is 0.227. The van der Waals surface area contributed by atoms with E-state index in [2.05, 4.69) is 9.47 Å². The Morgan fingerprint density at radius 2 is 1.84 bits per heavy atom. The van der Waals surface area contributed by atoms with E-state index in [0.29, 0.717) is 13.1 Å². The highest BCUT2D eigenvalue weighted by Crippen LogP contribution is 2.25. The van der Waals surface area contributed by atoms with E-state index in [0.717, 1.165) is 17.0 Å². The average molecular weight is 358 g/mol. The van der Waals surface area contributed by atoms with Gasteiger partial charge in [-0.25, -0.2) is 9.69 Å². The highest BCUT2D eigenvalue weighted by atomic mass is 19.4. The minimum Gasteiger partial charge on any atom is -0.439 e. The lowest BCUT2D eigenvalue weighted by atomic mass is 9.98. The van der Waals surface area contributed by atoms with E-state index in [1.807, 2.05) is 0 Å². The number of hydrogen-bond donors (Lipinski definition) is 0. The van der Waals surface area contributed by atoms with Crippen molar-refractivity contribution in [2.75, 3.05) is 26.2 Å². The van der Waals surface area contributed by atoms with Gasteiger partial charge in [0.05, 0.1) is 0 Å². The smallest absolute Gasteiger partial charge is 0.439 e. The van der Waals surface area contributed by atoms with Gasteiger partial charge in [-0.3, -0.25) is 9.59 Å². The van der Waals surface area contributed by atoms with Gasteiger partial charge >= 0.3 is 12.5 Å². The van der Waals surface area contributed by atoms with Gasteiger partial charge < -0.3 is 14.4 Å². The van der Waals surface area contributed by atoms with Crippen LogP contribution in [-0.4, -0.2) is 60.3 Å². The monoisotopic (exact) mass is 358 g/mol. The van der Waals surface area contributed by atoms with Gasteiger partial charge in [0.25, 0.3) is 11.8 Å². The molecular weight excluding hydrogens is 345 g/mol. The molecule has 25 heavy (non-hydrogen) atoms. The quantitative estimate of drug-likeness (QED) is 0.818. The summed E-state index contributed by atoms with van der Waals surface area (Å²) in [5, 5.41) is 0. The number of carbonyl (C=O) groups is 3. The topological polar surface area (TPSA) is 76.2 Å². The predicted octanol–water partition coefficient (Wildman–Crippen LogP) is 1.64. The number of rotatable bonds is 4. The number of carbonyl (C=O) groups excluding carboxylic acids is 3. The molecule has 0 saturated carbocycles. The fourth-order valence-corrected chi connectivity index (χ4v) is 2.65. The van der Waals surface area contributed by atoms with Crippen LogP contribution in [0.4, 0.5) is 18.0 Å². The van der Waals surface area contributed by atoms with E-state index in [4.69, 9.17) is 0 Å². The number of imide groups is 1. The van der Waals surface area contributed by atoms with Crippen LogP contribution in [0, 0.1) is 5.92 Å². The lowest BCUT2D eigenvalue weighted by molar-refractivity contribution is -0.274. The van der Waals surface area contributed by atoms with Crippen molar-refractivity contribution in [1.29, 1.82) is 0 Å². The van der Waals surface area contributed by atoms with E-state index in [9.17, 15) is 27.6 Å². The normalized spacial score (nSPS) is 18.2. The maximum absolute atomic E-state index is 12.2. The van der Waals surface area contributed by atoms with Gasteiger partial charge in [-0.2, -0.15) is 0 Å². The second kappa shape index (κ2) is 6.26. The van der Waals surface area contributed by atoms with E-state index >= 15 is 0 Å². The Hall–Kier alpha value is -2.78. The summed E-state index contributed by atoms with van der Waals surface area (Å²) in [6.45, 7) is 0.605. The molecule has 2 aliphatic heterocycles. The molecule has 2 aliphatic rings. The number of benzene rings is 1. The summed E-state index contributed by atoms with van der Waals surface area (Å²) in [4.78, 5) is 37.5. The number of likely N-dealkylation sites (tertiary alicyclic amines) is 1. The van der Waals surface area contributed by atoms with Crippen LogP contribution < -0.4 is 4.74 Å². The molecule has 3 amide bonds. The average Bonchev–Trinajstić information content (AvgIpc) is 2.80. The molecule has 0 spiro atoms. The van der Waals surface area contributed by atoms with Crippen molar-refractivity contribution in [3.05, 3.63) is 29.8 Å². The van der Waals surface area contributed by atoms with Gasteiger partial charge in [0.2, 0.25) is 0 Å². The van der Waals surface area contributed by atoms with Crippen molar-refractivity contribution in [2.45, 2.75) is 6.36 Å². The summed E-state index contributed by atoms with van der Waals surface area (Å²) in [6, 6.07) is 4.63. The zero-order valence-electron chi connectivity index (χ0n) is 12.8. The molecule has 0 unspecified atom stereocenters. The maximum atomic E-state index is 12.2. The van der Waals surface area contributed by atoms with Crippen molar-refractivity contribution in [1.82, 2.24) is 9.80 Å². The Kier molecular flexibility index (Phi) is 4.27. The van der Waals surface area contributed by atoms with Crippen LogP contribution in [0.2, 0.25) is 0 Å². The van der Waals surface area contributed by atoms with Crippen molar-refractivity contribution >= 4 is 17.9 Å². The third kappa shape index (κ3) is 3.83. The summed E-state index contributed by atoms with van der Waals surface area (Å²) in [5.74, 6) is -1.21. The first kappa shape index (κ1) is 17.1. The first-order valence-electron chi connectivity index (χ1n) is 7.35. The van der Waals surface area contributed by atoms with Gasteiger partial charge in [0.15, 0.2) is 6.61 Å². The predicted molar refractivity (Wildman–Crippen MR) is 75.6 cm³/mol. The molecule has 7 nitrogen and oxygen atoms in total. The fourth-order valence-electron chi connectivity index (χ4n) is 2.65. The fraction of sp³-hybridized carbons (Fsp3) is 0.400. The second-order valence-corrected chi connectivity index (χ2v) is 5.71. The number of amides is 3. The van der Waals surface area contributed by atoms with Crippen LogP contribution in [0.5, 0.6) is 5.75 Å². The van der Waals surface area contributed by atoms with Gasteiger partial charge in [0, 0.05) is 31.1 Å². The lowest BCUT2D eigenvalue weighted by Gasteiger charge is -2.40. The first-order chi connectivity index (χ1) is 11.7. The van der Waals surface area contributed by atoms with E-state index in [-0.39, 0.29) is 30.5 Å². The van der Waals surface area contributed by atoms with E-state index < -0.39 is 24.1 Å².